The van der Waals surface area contributed by atoms with Crippen LogP contribution in [-0.2, 0) is 11.2 Å². The van der Waals surface area contributed by atoms with Gasteiger partial charge in [-0.25, -0.2) is 4.98 Å². The van der Waals surface area contributed by atoms with Crippen LogP contribution in [0.15, 0.2) is 71.3 Å². The van der Waals surface area contributed by atoms with Gasteiger partial charge in [-0.15, -0.1) is 12.4 Å². The molecule has 162 valence electrons. The smallest absolute Gasteiger partial charge is 0.167 e. The van der Waals surface area contributed by atoms with Crippen LogP contribution in [0.1, 0.15) is 17.3 Å². The molecule has 0 amide bonds. The lowest BCUT2D eigenvalue weighted by atomic mass is 9.94. The summed E-state index contributed by atoms with van der Waals surface area (Å²) in [6, 6.07) is 21.8. The van der Waals surface area contributed by atoms with Crippen molar-refractivity contribution in [2.45, 2.75) is 12.5 Å². The largest absolute Gasteiger partial charge is 0.383 e. The lowest BCUT2D eigenvalue weighted by Gasteiger charge is -2.19. The van der Waals surface area contributed by atoms with E-state index < -0.39 is 0 Å². The summed E-state index contributed by atoms with van der Waals surface area (Å²) < 4.78 is 10.7. The number of rotatable bonds is 8. The van der Waals surface area contributed by atoms with Crippen LogP contribution in [-0.4, -0.2) is 37.4 Å². The van der Waals surface area contributed by atoms with Gasteiger partial charge in [-0.2, -0.15) is 0 Å². The van der Waals surface area contributed by atoms with Crippen molar-refractivity contribution >= 4 is 29.2 Å². The fourth-order valence-corrected chi connectivity index (χ4v) is 3.59. The Morgan fingerprint density at radius 2 is 1.81 bits per heavy atom. The minimum Gasteiger partial charge on any atom is -0.383 e. The number of methoxy groups -OCH3 is 1. The lowest BCUT2D eigenvalue weighted by Crippen LogP contribution is -2.23. The van der Waals surface area contributed by atoms with Crippen LogP contribution in [0.25, 0.3) is 22.2 Å². The molecule has 1 atom stereocenters. The second-order valence-corrected chi connectivity index (χ2v) is 7.33. The van der Waals surface area contributed by atoms with E-state index in [1.165, 1.54) is 0 Å². The molecule has 0 bridgehead atoms. The van der Waals surface area contributed by atoms with Crippen molar-refractivity contribution in [1.82, 2.24) is 10.1 Å². The van der Waals surface area contributed by atoms with Crippen LogP contribution in [0.4, 0.5) is 5.82 Å². The van der Waals surface area contributed by atoms with Crippen molar-refractivity contribution in [1.29, 1.82) is 0 Å². The van der Waals surface area contributed by atoms with Gasteiger partial charge in [-0.05, 0) is 29.8 Å². The Kier molecular flexibility index (Phi) is 7.63. The average Bonchev–Trinajstić information content (AvgIpc) is 3.21. The minimum atomic E-state index is -0.219. The third-order valence-electron chi connectivity index (χ3n) is 5.24. The van der Waals surface area contributed by atoms with Crippen molar-refractivity contribution < 1.29 is 9.26 Å². The SMILES string of the molecule is COCCN(C)c1cccc(C[C@H](N)c2ccccc2-c2noc3ccccc23)n1.Cl. The number of nitrogens with zero attached hydrogens (tertiary/aromatic N) is 3. The number of ether oxygens (including phenoxy) is 1. The summed E-state index contributed by atoms with van der Waals surface area (Å²) in [6.45, 7) is 1.43. The van der Waals surface area contributed by atoms with Gasteiger partial charge in [0.25, 0.3) is 0 Å². The van der Waals surface area contributed by atoms with Crippen molar-refractivity contribution in [3.8, 4) is 11.3 Å². The Hall–Kier alpha value is -2.93. The first-order chi connectivity index (χ1) is 14.7. The fraction of sp³-hybridized carbons (Fsp3) is 0.250. The highest BCUT2D eigenvalue weighted by atomic mass is 35.5. The van der Waals surface area contributed by atoms with Crippen molar-refractivity contribution in [2.24, 2.45) is 5.73 Å². The number of likely N-dealkylation sites (N-methyl/N-ethyl adjacent to an activating group) is 1. The number of nitrogens with two attached hydrogens (primary N) is 1. The summed E-state index contributed by atoms with van der Waals surface area (Å²) in [5, 5.41) is 5.30. The summed E-state index contributed by atoms with van der Waals surface area (Å²) in [5.41, 5.74) is 11.2. The molecule has 2 heterocycles. The summed E-state index contributed by atoms with van der Waals surface area (Å²) in [6.07, 6.45) is 0.624. The molecule has 4 aromatic rings. The van der Waals surface area contributed by atoms with E-state index in [1.807, 2.05) is 67.7 Å². The Bertz CT molecular complexity index is 1130. The summed E-state index contributed by atoms with van der Waals surface area (Å²) in [7, 11) is 3.71. The second-order valence-electron chi connectivity index (χ2n) is 7.33. The summed E-state index contributed by atoms with van der Waals surface area (Å²) >= 11 is 0. The van der Waals surface area contributed by atoms with E-state index in [9.17, 15) is 0 Å². The van der Waals surface area contributed by atoms with Crippen molar-refractivity contribution in [3.05, 3.63) is 78.0 Å². The second kappa shape index (κ2) is 10.4. The van der Waals surface area contributed by atoms with E-state index in [0.717, 1.165) is 45.8 Å². The Balaban J connectivity index is 0.00000272. The lowest BCUT2D eigenvalue weighted by molar-refractivity contribution is 0.206. The van der Waals surface area contributed by atoms with Crippen LogP contribution in [0.2, 0.25) is 0 Å². The molecule has 0 unspecified atom stereocenters. The number of aromatic nitrogens is 2. The van der Waals surface area contributed by atoms with E-state index in [-0.39, 0.29) is 18.4 Å². The number of fused-ring (bicyclic) bond motifs is 1. The fourth-order valence-electron chi connectivity index (χ4n) is 3.59. The zero-order valence-electron chi connectivity index (χ0n) is 17.7. The molecule has 2 aromatic heterocycles. The van der Waals surface area contributed by atoms with Gasteiger partial charge < -0.3 is 19.9 Å². The van der Waals surface area contributed by atoms with Gasteiger partial charge in [0.15, 0.2) is 5.58 Å². The Morgan fingerprint density at radius 1 is 1.03 bits per heavy atom. The van der Waals surface area contributed by atoms with Gasteiger partial charge in [0.1, 0.15) is 11.5 Å². The maximum absolute atomic E-state index is 6.65. The number of anilines is 1. The van der Waals surface area contributed by atoms with Gasteiger partial charge in [-0.3, -0.25) is 0 Å². The predicted octanol–water partition coefficient (Wildman–Crippen LogP) is 4.64. The molecule has 31 heavy (non-hydrogen) atoms. The maximum atomic E-state index is 6.65. The Labute approximate surface area is 188 Å². The summed E-state index contributed by atoms with van der Waals surface area (Å²) in [5.74, 6) is 0.910. The highest BCUT2D eigenvalue weighted by Gasteiger charge is 2.18. The van der Waals surface area contributed by atoms with Gasteiger partial charge in [0.2, 0.25) is 0 Å². The first-order valence-electron chi connectivity index (χ1n) is 10.0. The molecule has 0 spiro atoms. The minimum absolute atomic E-state index is 0. The molecule has 0 saturated heterocycles. The first-order valence-corrected chi connectivity index (χ1v) is 10.0. The number of para-hydroxylation sites is 1. The van der Waals surface area contributed by atoms with Crippen molar-refractivity contribution in [2.75, 3.05) is 32.2 Å². The molecule has 0 aliphatic rings. The molecular weight excluding hydrogens is 412 g/mol. The molecule has 0 saturated carbocycles. The predicted molar refractivity (Wildman–Crippen MR) is 127 cm³/mol. The topological polar surface area (TPSA) is 77.4 Å². The first kappa shape index (κ1) is 22.7. The zero-order chi connectivity index (χ0) is 20.9. The van der Waals surface area contributed by atoms with Crippen LogP contribution in [0, 0.1) is 0 Å². The highest BCUT2D eigenvalue weighted by molar-refractivity contribution is 5.92. The van der Waals surface area contributed by atoms with Crippen LogP contribution < -0.4 is 10.6 Å². The van der Waals surface area contributed by atoms with Crippen molar-refractivity contribution in [3.63, 3.8) is 0 Å². The van der Waals surface area contributed by atoms with Gasteiger partial charge in [0, 0.05) is 49.8 Å². The van der Waals surface area contributed by atoms with E-state index >= 15 is 0 Å². The molecular formula is C24H27ClN4O2. The molecule has 4 rings (SSSR count). The normalized spacial score (nSPS) is 11.8. The summed E-state index contributed by atoms with van der Waals surface area (Å²) in [4.78, 5) is 6.87. The third kappa shape index (κ3) is 5.05. The standard InChI is InChI=1S/C24H26N4O2.ClH/c1-28(14-15-29-2)23-13-7-8-17(26-23)16-21(25)18-9-3-4-10-19(18)24-20-11-5-6-12-22(20)30-27-24;/h3-13,21H,14-16,25H2,1-2H3;1H/t21-;/m0./s1. The molecule has 0 aliphatic heterocycles. The molecule has 2 N–H and O–H groups in total. The molecule has 0 fully saturated rings. The van der Waals surface area contributed by atoms with Crippen LogP contribution in [0.5, 0.6) is 0 Å². The number of benzene rings is 2. The third-order valence-corrected chi connectivity index (χ3v) is 5.24. The molecule has 7 heteroatoms. The van der Waals surface area contributed by atoms with Crippen LogP contribution >= 0.6 is 12.4 Å². The Morgan fingerprint density at radius 3 is 2.65 bits per heavy atom. The van der Waals surface area contributed by atoms with E-state index in [1.54, 1.807) is 7.11 Å². The molecule has 0 radical (unpaired) electrons. The van der Waals surface area contributed by atoms with E-state index in [2.05, 4.69) is 16.1 Å². The van der Waals surface area contributed by atoms with Gasteiger partial charge in [-0.1, -0.05) is 47.6 Å². The van der Waals surface area contributed by atoms with E-state index in [0.29, 0.717) is 13.0 Å². The van der Waals surface area contributed by atoms with Crippen LogP contribution in [0.3, 0.4) is 0 Å². The number of hydrogen-bond donors (Lipinski definition) is 1. The number of pyridine rings is 1. The number of halogens is 1. The maximum Gasteiger partial charge on any atom is 0.167 e. The average molecular weight is 439 g/mol. The van der Waals surface area contributed by atoms with E-state index in [4.69, 9.17) is 20.0 Å². The quantitative estimate of drug-likeness (QED) is 0.432. The monoisotopic (exact) mass is 438 g/mol. The number of hydrogen-bond acceptors (Lipinski definition) is 6. The zero-order valence-corrected chi connectivity index (χ0v) is 18.5. The molecule has 0 aliphatic carbocycles. The van der Waals surface area contributed by atoms with Gasteiger partial charge >= 0.3 is 0 Å². The molecule has 6 nitrogen and oxygen atoms in total. The molecule has 2 aromatic carbocycles. The highest BCUT2D eigenvalue weighted by Crippen LogP contribution is 2.33. The van der Waals surface area contributed by atoms with Gasteiger partial charge in [0.05, 0.1) is 6.61 Å².